The Balaban J connectivity index is 0.882. The number of carbonyl (C=O) groups is 2. The van der Waals surface area contributed by atoms with Gasteiger partial charge in [0.15, 0.2) is 5.60 Å². The van der Waals surface area contributed by atoms with E-state index in [1.54, 1.807) is 23.6 Å². The summed E-state index contributed by atoms with van der Waals surface area (Å²) in [6, 6.07) is 7.16. The molecule has 2 aromatic heterocycles. The van der Waals surface area contributed by atoms with Gasteiger partial charge in [-0.1, -0.05) is 79.4 Å². The second-order valence-electron chi connectivity index (χ2n) is 20.2. The SMILES string of the molecule is CCc1c2c(nc3ccc(OC(=O)OC4CCC5(C)C(=CCC6C5CCC5(C)C(C(C)CCCC(C)C)CCC65)C4)cc13)-c1cc3c(c(=O)n1C2)COC(=O)[C@]3(O)CC. The fourth-order valence-electron chi connectivity index (χ4n) is 13.6. The molecular formula is C50H64N2O7. The summed E-state index contributed by atoms with van der Waals surface area (Å²) in [5.41, 5.74) is 4.38. The van der Waals surface area contributed by atoms with Crippen molar-refractivity contribution in [2.75, 3.05) is 0 Å². The Morgan fingerprint density at radius 3 is 2.59 bits per heavy atom. The van der Waals surface area contributed by atoms with Crippen molar-refractivity contribution in [3.63, 3.8) is 0 Å². The molecule has 0 saturated heterocycles. The normalized spacial score (nSPS) is 32.3. The molecule has 3 fully saturated rings. The Labute approximate surface area is 349 Å². The highest BCUT2D eigenvalue weighted by atomic mass is 16.7. The standard InChI is InChI=1S/C50H64N2O7/c1-8-33-35-24-31(14-18-42(35)51-44-36(33)26-52-43(44)25-41-37(45(52)53)27-57-46(54)50(41,56)9-2)58-47(55)59-32-19-21-48(6)30(23-32)13-15-34-39-17-16-38(29(5)12-10-11-28(3)4)49(39,7)22-20-40(34)48/h13-14,18,24-25,28-29,32,34,38-40,56H,8-12,15-17,19-23,26-27H2,1-7H3/t29?,32?,34?,38?,39?,40?,48?,49?,50-/m0/s1. The Morgan fingerprint density at radius 1 is 1.02 bits per heavy atom. The summed E-state index contributed by atoms with van der Waals surface area (Å²) in [6.07, 6.45) is 15.8. The van der Waals surface area contributed by atoms with Gasteiger partial charge in [-0.3, -0.25) is 4.79 Å². The van der Waals surface area contributed by atoms with Crippen LogP contribution in [0.25, 0.3) is 22.3 Å². The fraction of sp³-hybridized carbons (Fsp3) is 0.640. The molecule has 0 radical (unpaired) electrons. The lowest BCUT2D eigenvalue weighted by Crippen LogP contribution is -2.51. The van der Waals surface area contributed by atoms with Crippen LogP contribution >= 0.6 is 0 Å². The van der Waals surface area contributed by atoms with Crippen LogP contribution in [0.3, 0.4) is 0 Å². The van der Waals surface area contributed by atoms with Crippen LogP contribution < -0.4 is 10.3 Å². The maximum atomic E-state index is 13.8. The minimum absolute atomic E-state index is 0.0861. The van der Waals surface area contributed by atoms with Crippen molar-refractivity contribution in [3.05, 3.63) is 68.5 Å². The monoisotopic (exact) mass is 804 g/mol. The zero-order valence-electron chi connectivity index (χ0n) is 36.3. The quantitative estimate of drug-likeness (QED) is 0.101. The highest BCUT2D eigenvalue weighted by molar-refractivity contribution is 5.90. The van der Waals surface area contributed by atoms with Crippen molar-refractivity contribution >= 4 is 23.0 Å². The molecule has 4 heterocycles. The molecule has 2 aliphatic heterocycles. The van der Waals surface area contributed by atoms with Gasteiger partial charge in [0, 0.05) is 22.9 Å². The van der Waals surface area contributed by atoms with Crippen molar-refractivity contribution in [1.82, 2.24) is 9.55 Å². The minimum Gasteiger partial charge on any atom is -0.458 e. The second-order valence-corrected chi connectivity index (χ2v) is 20.2. The number of esters is 1. The number of benzene rings is 1. The van der Waals surface area contributed by atoms with Crippen molar-refractivity contribution in [2.24, 2.45) is 46.3 Å². The van der Waals surface area contributed by atoms with Gasteiger partial charge in [-0.2, -0.15) is 0 Å². The van der Waals surface area contributed by atoms with Crippen LogP contribution in [0.4, 0.5) is 4.79 Å². The number of aromatic nitrogens is 2. The Bertz CT molecular complexity index is 2290. The molecule has 0 bridgehead atoms. The Morgan fingerprint density at radius 2 is 1.83 bits per heavy atom. The second kappa shape index (κ2) is 14.9. The van der Waals surface area contributed by atoms with Crippen molar-refractivity contribution in [3.8, 4) is 17.1 Å². The van der Waals surface area contributed by atoms with Crippen LogP contribution in [-0.2, 0) is 39.4 Å². The van der Waals surface area contributed by atoms with E-state index >= 15 is 0 Å². The molecule has 3 saturated carbocycles. The van der Waals surface area contributed by atoms with E-state index in [0.29, 0.717) is 58.1 Å². The molecule has 8 unspecified atom stereocenters. The zero-order valence-corrected chi connectivity index (χ0v) is 36.3. The first-order valence-electron chi connectivity index (χ1n) is 22.9. The molecule has 9 atom stereocenters. The number of carbonyl (C=O) groups excluding carboxylic acids is 2. The van der Waals surface area contributed by atoms with Crippen molar-refractivity contribution in [2.45, 2.75) is 157 Å². The van der Waals surface area contributed by atoms with Crippen LogP contribution in [0.1, 0.15) is 148 Å². The van der Waals surface area contributed by atoms with Gasteiger partial charge in [0.2, 0.25) is 0 Å². The van der Waals surface area contributed by atoms with Gasteiger partial charge in [-0.25, -0.2) is 14.6 Å². The number of allylic oxidation sites excluding steroid dienone is 1. The minimum atomic E-state index is -1.88. The molecule has 9 heteroatoms. The van der Waals surface area contributed by atoms with Gasteiger partial charge < -0.3 is 23.9 Å². The lowest BCUT2D eigenvalue weighted by atomic mass is 9.47. The highest BCUT2D eigenvalue weighted by Crippen LogP contribution is 2.67. The molecule has 0 spiro atoms. The van der Waals surface area contributed by atoms with E-state index < -0.39 is 17.7 Å². The van der Waals surface area contributed by atoms with E-state index in [2.05, 4.69) is 47.6 Å². The molecule has 0 amide bonds. The summed E-state index contributed by atoms with van der Waals surface area (Å²) in [5.74, 6) is 4.39. The average Bonchev–Trinajstić information content (AvgIpc) is 3.76. The number of nitrogens with zero attached hydrogens (tertiary/aromatic N) is 2. The molecule has 4 aliphatic carbocycles. The molecule has 1 N–H and O–H groups in total. The summed E-state index contributed by atoms with van der Waals surface area (Å²) in [7, 11) is 0. The number of aryl methyl sites for hydroxylation is 1. The highest BCUT2D eigenvalue weighted by Gasteiger charge is 2.59. The number of hydrogen-bond donors (Lipinski definition) is 1. The predicted molar refractivity (Wildman–Crippen MR) is 228 cm³/mol. The lowest BCUT2D eigenvalue weighted by Gasteiger charge is -2.58. The maximum absolute atomic E-state index is 13.8. The van der Waals surface area contributed by atoms with E-state index in [9.17, 15) is 19.5 Å². The van der Waals surface area contributed by atoms with E-state index in [4.69, 9.17) is 19.2 Å². The topological polar surface area (TPSA) is 117 Å². The molecule has 3 aromatic rings. The van der Waals surface area contributed by atoms with Crippen LogP contribution in [0.5, 0.6) is 5.75 Å². The van der Waals surface area contributed by atoms with E-state index in [1.807, 2.05) is 12.1 Å². The number of ether oxygens (including phenoxy) is 3. The Kier molecular flexibility index (Phi) is 10.2. The smallest absolute Gasteiger partial charge is 0.458 e. The van der Waals surface area contributed by atoms with Crippen molar-refractivity contribution < 1.29 is 28.9 Å². The third kappa shape index (κ3) is 6.41. The number of aliphatic hydroxyl groups is 1. The summed E-state index contributed by atoms with van der Waals surface area (Å²) in [5, 5.41) is 12.1. The van der Waals surface area contributed by atoms with Gasteiger partial charge in [-0.15, -0.1) is 0 Å². The third-order valence-electron chi connectivity index (χ3n) is 16.9. The molecular weight excluding hydrogens is 741 g/mol. The molecule has 9 nitrogen and oxygen atoms in total. The van der Waals surface area contributed by atoms with Crippen LogP contribution in [-0.4, -0.2) is 32.9 Å². The van der Waals surface area contributed by atoms with E-state index in [-0.39, 0.29) is 30.1 Å². The first-order valence-corrected chi connectivity index (χ1v) is 22.9. The van der Waals surface area contributed by atoms with Crippen LogP contribution in [0.2, 0.25) is 0 Å². The Hall–Kier alpha value is -3.98. The number of fused-ring (bicyclic) bond motifs is 10. The van der Waals surface area contributed by atoms with E-state index in [1.165, 1.54) is 50.5 Å². The molecule has 9 rings (SSSR count). The number of hydrogen-bond acceptors (Lipinski definition) is 8. The van der Waals surface area contributed by atoms with Gasteiger partial charge >= 0.3 is 12.1 Å². The molecule has 6 aliphatic rings. The third-order valence-corrected chi connectivity index (χ3v) is 16.9. The summed E-state index contributed by atoms with van der Waals surface area (Å²) < 4.78 is 18.8. The summed E-state index contributed by atoms with van der Waals surface area (Å²) in [4.78, 5) is 44.8. The average molecular weight is 805 g/mol. The van der Waals surface area contributed by atoms with Gasteiger partial charge in [0.25, 0.3) is 5.56 Å². The zero-order chi connectivity index (χ0) is 41.6. The maximum Gasteiger partial charge on any atom is 0.514 e. The fourth-order valence-corrected chi connectivity index (χ4v) is 13.6. The van der Waals surface area contributed by atoms with Crippen LogP contribution in [0.15, 0.2) is 40.7 Å². The first-order chi connectivity index (χ1) is 28.2. The van der Waals surface area contributed by atoms with Crippen LogP contribution in [0, 0.1) is 46.3 Å². The van der Waals surface area contributed by atoms with Crippen molar-refractivity contribution in [1.29, 1.82) is 0 Å². The lowest BCUT2D eigenvalue weighted by molar-refractivity contribution is -0.172. The largest absolute Gasteiger partial charge is 0.514 e. The molecule has 1 aromatic carbocycles. The number of rotatable bonds is 9. The molecule has 316 valence electrons. The molecule has 59 heavy (non-hydrogen) atoms. The van der Waals surface area contributed by atoms with Gasteiger partial charge in [0.1, 0.15) is 18.5 Å². The first kappa shape index (κ1) is 40.4. The summed E-state index contributed by atoms with van der Waals surface area (Å²) >= 11 is 0. The number of cyclic esters (lactones) is 1. The van der Waals surface area contributed by atoms with E-state index in [0.717, 1.165) is 71.8 Å². The summed E-state index contributed by atoms with van der Waals surface area (Å²) in [6.45, 7) is 16.3. The predicted octanol–water partition coefficient (Wildman–Crippen LogP) is 10.6. The number of pyridine rings is 2. The van der Waals surface area contributed by atoms with Gasteiger partial charge in [0.05, 0.1) is 29.0 Å². The van der Waals surface area contributed by atoms with Gasteiger partial charge in [-0.05, 0) is 134 Å².